The zero-order chi connectivity index (χ0) is 21.6. The van der Waals surface area contributed by atoms with E-state index >= 15 is 0 Å². The Morgan fingerprint density at radius 1 is 0.929 bits per heavy atom. The van der Waals surface area contributed by atoms with Gasteiger partial charge in [0.25, 0.3) is 0 Å². The van der Waals surface area contributed by atoms with Crippen molar-refractivity contribution in [3.05, 3.63) is 44.9 Å². The van der Waals surface area contributed by atoms with Crippen molar-refractivity contribution in [1.29, 1.82) is 0 Å². The Balaban J connectivity index is 2.88. The van der Waals surface area contributed by atoms with Crippen molar-refractivity contribution in [2.24, 2.45) is 0 Å². The molecule has 0 radical (unpaired) electrons. The Morgan fingerprint density at radius 3 is 1.79 bits per heavy atom. The zero-order valence-corrected chi connectivity index (χ0v) is 19.7. The number of carbonyl (C=O) groups is 1. The van der Waals surface area contributed by atoms with E-state index in [1.807, 2.05) is 41.5 Å². The van der Waals surface area contributed by atoms with Crippen molar-refractivity contribution in [3.8, 4) is 11.5 Å². The summed E-state index contributed by atoms with van der Waals surface area (Å²) in [4.78, 5) is 14.0. The number of halogens is 2. The molecular formula is C22H27BrClNO3. The number of carbonyl (C=O) groups excluding carboxylic acids is 1. The van der Waals surface area contributed by atoms with Gasteiger partial charge in [-0.1, -0.05) is 53.1 Å². The molecule has 0 atom stereocenters. The Labute approximate surface area is 180 Å². The van der Waals surface area contributed by atoms with Gasteiger partial charge in [-0.25, -0.2) is 0 Å². The number of benzene rings is 2. The van der Waals surface area contributed by atoms with E-state index in [0.29, 0.717) is 15.2 Å². The SMILES string of the molecule is CC(=O)N(c1cc(C(C)(C)C)c(O)c(C(C)(C)C)c1)c1cc(Cl)cc(Br)c1O. The molecule has 28 heavy (non-hydrogen) atoms. The van der Waals surface area contributed by atoms with Crippen molar-refractivity contribution in [2.45, 2.75) is 59.3 Å². The first-order valence-electron chi connectivity index (χ1n) is 9.01. The maximum absolute atomic E-state index is 12.6. The second kappa shape index (κ2) is 7.60. The van der Waals surface area contributed by atoms with E-state index in [-0.39, 0.29) is 33.9 Å². The average molecular weight is 469 g/mol. The molecule has 2 aromatic rings. The van der Waals surface area contributed by atoms with Gasteiger partial charge in [-0.05, 0) is 51.0 Å². The molecule has 0 aliphatic rings. The van der Waals surface area contributed by atoms with Gasteiger partial charge >= 0.3 is 0 Å². The number of amides is 1. The third kappa shape index (κ3) is 4.47. The van der Waals surface area contributed by atoms with E-state index in [1.54, 1.807) is 24.3 Å². The summed E-state index contributed by atoms with van der Waals surface area (Å²) < 4.78 is 0.395. The van der Waals surface area contributed by atoms with Gasteiger partial charge in [-0.15, -0.1) is 0 Å². The fourth-order valence-corrected chi connectivity index (χ4v) is 3.90. The van der Waals surface area contributed by atoms with Crippen molar-refractivity contribution in [2.75, 3.05) is 4.90 Å². The number of phenols is 2. The third-order valence-corrected chi connectivity index (χ3v) is 5.36. The highest BCUT2D eigenvalue weighted by Crippen LogP contribution is 2.45. The molecule has 0 saturated heterocycles. The number of rotatable bonds is 2. The first kappa shape index (κ1) is 22.6. The average Bonchev–Trinajstić information content (AvgIpc) is 2.50. The summed E-state index contributed by atoms with van der Waals surface area (Å²) in [6, 6.07) is 6.70. The van der Waals surface area contributed by atoms with Crippen LogP contribution in [0.2, 0.25) is 5.02 Å². The minimum atomic E-state index is -0.348. The van der Waals surface area contributed by atoms with E-state index in [9.17, 15) is 15.0 Å². The normalized spacial score (nSPS) is 12.2. The minimum absolute atomic E-state index is 0.0812. The fourth-order valence-electron chi connectivity index (χ4n) is 3.11. The minimum Gasteiger partial charge on any atom is -0.507 e. The Bertz CT molecular complexity index is 892. The Morgan fingerprint density at radius 2 is 1.39 bits per heavy atom. The molecule has 0 heterocycles. The second-order valence-electron chi connectivity index (χ2n) is 9.00. The van der Waals surface area contributed by atoms with Crippen LogP contribution in [0.1, 0.15) is 59.6 Å². The highest BCUT2D eigenvalue weighted by molar-refractivity contribution is 9.10. The molecular weight excluding hydrogens is 442 g/mol. The first-order chi connectivity index (χ1) is 12.6. The lowest BCUT2D eigenvalue weighted by molar-refractivity contribution is -0.115. The summed E-state index contributed by atoms with van der Waals surface area (Å²) in [7, 11) is 0. The predicted octanol–water partition coefficient (Wildman–Crippen LogP) is 6.79. The molecule has 0 aromatic heterocycles. The molecule has 0 spiro atoms. The summed E-state index contributed by atoms with van der Waals surface area (Å²) >= 11 is 9.45. The van der Waals surface area contributed by atoms with Crippen LogP contribution in [0.25, 0.3) is 0 Å². The van der Waals surface area contributed by atoms with Crippen molar-refractivity contribution >= 4 is 44.8 Å². The van der Waals surface area contributed by atoms with Crippen LogP contribution in [-0.4, -0.2) is 16.1 Å². The van der Waals surface area contributed by atoms with Crippen LogP contribution in [0.5, 0.6) is 11.5 Å². The van der Waals surface area contributed by atoms with Gasteiger partial charge in [-0.3, -0.25) is 9.69 Å². The van der Waals surface area contributed by atoms with Crippen LogP contribution in [0.15, 0.2) is 28.7 Å². The summed E-state index contributed by atoms with van der Waals surface area (Å²) in [6.45, 7) is 13.4. The van der Waals surface area contributed by atoms with Crippen LogP contribution in [0, 0.1) is 0 Å². The van der Waals surface area contributed by atoms with E-state index < -0.39 is 0 Å². The van der Waals surface area contributed by atoms with Crippen LogP contribution < -0.4 is 4.90 Å². The van der Waals surface area contributed by atoms with Crippen LogP contribution in [0.3, 0.4) is 0 Å². The highest BCUT2D eigenvalue weighted by Gasteiger charge is 2.29. The maximum Gasteiger partial charge on any atom is 0.228 e. The van der Waals surface area contributed by atoms with Crippen LogP contribution >= 0.6 is 27.5 Å². The highest BCUT2D eigenvalue weighted by atomic mass is 79.9. The molecule has 0 aliphatic carbocycles. The zero-order valence-electron chi connectivity index (χ0n) is 17.3. The van der Waals surface area contributed by atoms with Crippen molar-refractivity contribution < 1.29 is 15.0 Å². The Hall–Kier alpha value is -1.72. The monoisotopic (exact) mass is 467 g/mol. The standard InChI is InChI=1S/C22H27BrClNO3/c1-12(26)25(18-9-13(24)8-17(23)20(18)28)14-10-15(21(2,3)4)19(27)16(11-14)22(5,6)7/h8-11,27-28H,1-7H3. The predicted molar refractivity (Wildman–Crippen MR) is 119 cm³/mol. The summed E-state index contributed by atoms with van der Waals surface area (Å²) in [5.41, 5.74) is 1.59. The smallest absolute Gasteiger partial charge is 0.228 e. The topological polar surface area (TPSA) is 60.8 Å². The van der Waals surface area contributed by atoms with Gasteiger partial charge in [0.05, 0.1) is 10.2 Å². The van der Waals surface area contributed by atoms with Gasteiger partial charge in [0.1, 0.15) is 5.75 Å². The van der Waals surface area contributed by atoms with Gasteiger partial charge in [0.2, 0.25) is 5.91 Å². The number of hydrogen-bond acceptors (Lipinski definition) is 3. The summed E-state index contributed by atoms with van der Waals surface area (Å²) in [5.74, 6) is -0.138. The Kier molecular flexibility index (Phi) is 6.13. The molecule has 152 valence electrons. The van der Waals surface area contributed by atoms with E-state index in [4.69, 9.17) is 11.6 Å². The van der Waals surface area contributed by atoms with Gasteiger partial charge < -0.3 is 10.2 Å². The van der Waals surface area contributed by atoms with E-state index in [1.165, 1.54) is 11.8 Å². The summed E-state index contributed by atoms with van der Waals surface area (Å²) in [6.07, 6.45) is 0. The number of anilines is 2. The summed E-state index contributed by atoms with van der Waals surface area (Å²) in [5, 5.41) is 21.9. The molecule has 0 unspecified atom stereocenters. The molecule has 0 aliphatic heterocycles. The lowest BCUT2D eigenvalue weighted by Crippen LogP contribution is -2.25. The fraction of sp³-hybridized carbons (Fsp3) is 0.409. The molecule has 2 rings (SSSR count). The third-order valence-electron chi connectivity index (χ3n) is 4.53. The van der Waals surface area contributed by atoms with Crippen molar-refractivity contribution in [3.63, 3.8) is 0 Å². The van der Waals surface area contributed by atoms with E-state index in [2.05, 4.69) is 15.9 Å². The molecule has 0 fully saturated rings. The lowest BCUT2D eigenvalue weighted by atomic mass is 9.79. The molecule has 1 amide bonds. The number of nitrogens with zero attached hydrogens (tertiary/aromatic N) is 1. The van der Waals surface area contributed by atoms with Gasteiger partial charge in [0.15, 0.2) is 5.75 Å². The molecule has 4 nitrogen and oxygen atoms in total. The number of phenolic OH excluding ortho intramolecular Hbond substituents is 2. The van der Waals surface area contributed by atoms with Gasteiger partial charge in [-0.2, -0.15) is 0 Å². The largest absolute Gasteiger partial charge is 0.507 e. The van der Waals surface area contributed by atoms with E-state index in [0.717, 1.165) is 11.1 Å². The number of hydrogen-bond donors (Lipinski definition) is 2. The molecule has 0 bridgehead atoms. The molecule has 2 aromatic carbocycles. The number of aromatic hydroxyl groups is 2. The molecule has 0 saturated carbocycles. The second-order valence-corrected chi connectivity index (χ2v) is 10.3. The lowest BCUT2D eigenvalue weighted by Gasteiger charge is -2.31. The van der Waals surface area contributed by atoms with Gasteiger partial charge in [0, 0.05) is 28.8 Å². The maximum atomic E-state index is 12.6. The van der Waals surface area contributed by atoms with Crippen molar-refractivity contribution in [1.82, 2.24) is 0 Å². The molecule has 2 N–H and O–H groups in total. The first-order valence-corrected chi connectivity index (χ1v) is 10.2. The van der Waals surface area contributed by atoms with Crippen LogP contribution in [0.4, 0.5) is 11.4 Å². The quantitative estimate of drug-likeness (QED) is 0.510. The van der Waals surface area contributed by atoms with Crippen LogP contribution in [-0.2, 0) is 15.6 Å². The molecule has 6 heteroatoms.